The van der Waals surface area contributed by atoms with E-state index in [-0.39, 0.29) is 11.3 Å². The van der Waals surface area contributed by atoms with Crippen molar-refractivity contribution in [3.8, 4) is 0 Å². The lowest BCUT2D eigenvalue weighted by Crippen LogP contribution is -2.33. The van der Waals surface area contributed by atoms with Crippen LogP contribution in [0.5, 0.6) is 0 Å². The predicted molar refractivity (Wildman–Crippen MR) is 103 cm³/mol. The highest BCUT2D eigenvalue weighted by atomic mass is 16.2. The summed E-state index contributed by atoms with van der Waals surface area (Å²) in [5.41, 5.74) is 10.4. The molecule has 3 aliphatic rings. The third kappa shape index (κ3) is 2.34. The Labute approximate surface area is 155 Å². The first-order chi connectivity index (χ1) is 12.7. The summed E-state index contributed by atoms with van der Waals surface area (Å²) in [4.78, 5) is 15.4. The molecule has 0 aromatic heterocycles. The van der Waals surface area contributed by atoms with Gasteiger partial charge in [0.1, 0.15) is 0 Å². The average molecular weight is 346 g/mol. The van der Waals surface area contributed by atoms with Crippen molar-refractivity contribution >= 4 is 5.91 Å². The molecule has 2 aromatic carbocycles. The fourth-order valence-corrected chi connectivity index (χ4v) is 5.51. The van der Waals surface area contributed by atoms with E-state index in [4.69, 9.17) is 5.73 Å². The molecule has 1 spiro atoms. The summed E-state index contributed by atoms with van der Waals surface area (Å²) < 4.78 is 0. The van der Waals surface area contributed by atoms with Crippen LogP contribution in [0.15, 0.2) is 54.6 Å². The first kappa shape index (κ1) is 16.1. The monoisotopic (exact) mass is 346 g/mol. The van der Waals surface area contributed by atoms with Crippen LogP contribution in [0.4, 0.5) is 0 Å². The van der Waals surface area contributed by atoms with Crippen molar-refractivity contribution in [2.45, 2.75) is 30.6 Å². The molecule has 26 heavy (non-hydrogen) atoms. The van der Waals surface area contributed by atoms with Crippen LogP contribution in [0.25, 0.3) is 0 Å². The number of benzene rings is 2. The summed E-state index contributed by atoms with van der Waals surface area (Å²) in [5, 5.41) is 0. The van der Waals surface area contributed by atoms with E-state index in [1.54, 1.807) is 0 Å². The van der Waals surface area contributed by atoms with Gasteiger partial charge >= 0.3 is 0 Å². The van der Waals surface area contributed by atoms with Crippen molar-refractivity contribution < 1.29 is 4.79 Å². The Morgan fingerprint density at radius 2 is 1.85 bits per heavy atom. The third-order valence-corrected chi connectivity index (χ3v) is 7.05. The molecule has 134 valence electrons. The summed E-state index contributed by atoms with van der Waals surface area (Å²) in [6.45, 7) is 2.27. The molecule has 1 saturated heterocycles. The Hall–Kier alpha value is -2.13. The van der Waals surface area contributed by atoms with E-state index in [0.29, 0.717) is 24.3 Å². The molecular weight excluding hydrogens is 320 g/mol. The summed E-state index contributed by atoms with van der Waals surface area (Å²) in [6.07, 6.45) is 3.29. The number of nitrogens with two attached hydrogens (primary N) is 1. The number of likely N-dealkylation sites (tertiary alicyclic amines) is 1. The summed E-state index contributed by atoms with van der Waals surface area (Å²) in [6, 6.07) is 19.3. The Bertz CT molecular complexity index is 833. The molecule has 1 aliphatic heterocycles. The number of fused-ring (bicyclic) bond motifs is 2. The van der Waals surface area contributed by atoms with Crippen LogP contribution < -0.4 is 5.73 Å². The van der Waals surface area contributed by atoms with Crippen molar-refractivity contribution in [2.75, 3.05) is 19.6 Å². The van der Waals surface area contributed by atoms with Gasteiger partial charge in [-0.3, -0.25) is 4.79 Å². The summed E-state index contributed by atoms with van der Waals surface area (Å²) in [7, 11) is 0. The molecule has 0 radical (unpaired) electrons. The maximum Gasteiger partial charge on any atom is 0.226 e. The number of nitrogens with zero attached hydrogens (tertiary/aromatic N) is 1. The van der Waals surface area contributed by atoms with E-state index >= 15 is 0 Å². The van der Waals surface area contributed by atoms with E-state index < -0.39 is 0 Å². The van der Waals surface area contributed by atoms with Crippen LogP contribution in [-0.2, 0) is 16.6 Å². The summed E-state index contributed by atoms with van der Waals surface area (Å²) >= 11 is 0. The van der Waals surface area contributed by atoms with Gasteiger partial charge in [-0.1, -0.05) is 54.6 Å². The van der Waals surface area contributed by atoms with Crippen LogP contribution >= 0.6 is 0 Å². The van der Waals surface area contributed by atoms with Crippen molar-refractivity contribution in [3.63, 3.8) is 0 Å². The van der Waals surface area contributed by atoms with Gasteiger partial charge in [-0.05, 0) is 48.4 Å². The van der Waals surface area contributed by atoms with Gasteiger partial charge in [-0.2, -0.15) is 0 Å². The van der Waals surface area contributed by atoms with Crippen LogP contribution in [-0.4, -0.2) is 30.4 Å². The Morgan fingerprint density at radius 3 is 2.65 bits per heavy atom. The van der Waals surface area contributed by atoms with Crippen LogP contribution in [0.1, 0.15) is 35.4 Å². The number of carbonyl (C=O) groups is 1. The fraction of sp³-hybridized carbons (Fsp3) is 0.435. The topological polar surface area (TPSA) is 46.3 Å². The van der Waals surface area contributed by atoms with Gasteiger partial charge in [0.25, 0.3) is 0 Å². The molecule has 2 fully saturated rings. The van der Waals surface area contributed by atoms with Crippen molar-refractivity contribution in [3.05, 3.63) is 71.3 Å². The van der Waals surface area contributed by atoms with Crippen molar-refractivity contribution in [2.24, 2.45) is 17.6 Å². The Morgan fingerprint density at radius 1 is 1.08 bits per heavy atom. The van der Waals surface area contributed by atoms with Gasteiger partial charge in [0.05, 0.1) is 0 Å². The van der Waals surface area contributed by atoms with Crippen molar-refractivity contribution in [1.29, 1.82) is 0 Å². The number of amides is 1. The average Bonchev–Trinajstić information content (AvgIpc) is 3.07. The van der Waals surface area contributed by atoms with E-state index in [1.165, 1.54) is 16.7 Å². The first-order valence-corrected chi connectivity index (χ1v) is 9.85. The van der Waals surface area contributed by atoms with Crippen LogP contribution in [0.3, 0.4) is 0 Å². The lowest BCUT2D eigenvalue weighted by molar-refractivity contribution is -0.132. The van der Waals surface area contributed by atoms with Crippen molar-refractivity contribution in [1.82, 2.24) is 4.90 Å². The lowest BCUT2D eigenvalue weighted by atomic mass is 9.89. The van der Waals surface area contributed by atoms with Gasteiger partial charge < -0.3 is 10.6 Å². The maximum absolute atomic E-state index is 13.3. The van der Waals surface area contributed by atoms with Gasteiger partial charge in [0.15, 0.2) is 0 Å². The number of aryl methyl sites for hydroxylation is 1. The van der Waals surface area contributed by atoms with E-state index in [1.807, 2.05) is 6.07 Å². The second-order valence-corrected chi connectivity index (χ2v) is 8.33. The number of hydrogen-bond donors (Lipinski definition) is 1. The normalized spacial score (nSPS) is 32.0. The van der Waals surface area contributed by atoms with E-state index in [0.717, 1.165) is 32.4 Å². The Kier molecular flexibility index (Phi) is 3.68. The van der Waals surface area contributed by atoms with Gasteiger partial charge in [0.2, 0.25) is 5.91 Å². The molecule has 3 heteroatoms. The number of hydrogen-bond acceptors (Lipinski definition) is 2. The highest BCUT2D eigenvalue weighted by Crippen LogP contribution is 2.62. The van der Waals surface area contributed by atoms with E-state index in [9.17, 15) is 4.79 Å². The quantitative estimate of drug-likeness (QED) is 0.928. The van der Waals surface area contributed by atoms with Gasteiger partial charge in [-0.15, -0.1) is 0 Å². The molecule has 2 unspecified atom stereocenters. The molecule has 3 nitrogen and oxygen atoms in total. The van der Waals surface area contributed by atoms with Gasteiger partial charge in [-0.25, -0.2) is 0 Å². The molecule has 2 N–H and O–H groups in total. The van der Waals surface area contributed by atoms with Crippen LogP contribution in [0, 0.1) is 11.8 Å². The van der Waals surface area contributed by atoms with E-state index in [2.05, 4.69) is 53.4 Å². The SMILES string of the molecule is NC[C@@H]1CN(C(=O)C2CC23CCc2ccccc23)C[C@H]1c1ccccc1. The fourth-order valence-electron chi connectivity index (χ4n) is 5.51. The number of rotatable bonds is 3. The molecule has 1 amide bonds. The molecule has 1 saturated carbocycles. The molecular formula is C23H26N2O. The molecule has 2 aromatic rings. The highest BCUT2D eigenvalue weighted by molar-refractivity contribution is 5.85. The van der Waals surface area contributed by atoms with Gasteiger partial charge in [0, 0.05) is 30.3 Å². The second kappa shape index (κ2) is 5.95. The largest absolute Gasteiger partial charge is 0.341 e. The zero-order valence-electron chi connectivity index (χ0n) is 15.1. The first-order valence-electron chi connectivity index (χ1n) is 9.85. The highest BCUT2D eigenvalue weighted by Gasteiger charge is 2.62. The predicted octanol–water partition coefficient (Wildman–Crippen LogP) is 3.09. The lowest BCUT2D eigenvalue weighted by Gasteiger charge is -2.19. The zero-order chi connectivity index (χ0) is 17.7. The third-order valence-electron chi connectivity index (χ3n) is 7.05. The minimum absolute atomic E-state index is 0.136. The second-order valence-electron chi connectivity index (χ2n) is 8.33. The molecule has 5 rings (SSSR count). The minimum Gasteiger partial charge on any atom is -0.341 e. The molecule has 0 bridgehead atoms. The standard InChI is InChI=1S/C23H26N2O/c24-13-18-14-25(15-19(18)16-6-2-1-3-7-16)22(26)21-12-23(21)11-10-17-8-4-5-9-20(17)23/h1-9,18-19,21H,10-15,24H2/t18-,19+,21?,23?/m1/s1. The van der Waals surface area contributed by atoms with Crippen LogP contribution in [0.2, 0.25) is 0 Å². The molecule has 1 heterocycles. The smallest absolute Gasteiger partial charge is 0.226 e. The Balaban J connectivity index is 1.35. The summed E-state index contributed by atoms with van der Waals surface area (Å²) in [5.74, 6) is 1.28. The molecule has 2 aliphatic carbocycles. The number of carbonyl (C=O) groups excluding carboxylic acids is 1. The zero-order valence-corrected chi connectivity index (χ0v) is 15.1. The maximum atomic E-state index is 13.3. The minimum atomic E-state index is 0.136. The molecule has 4 atom stereocenters.